The number of rotatable bonds is 6. The molecule has 1 saturated heterocycles. The average molecular weight is 369 g/mol. The molecule has 25 heavy (non-hydrogen) atoms. The number of nitrogens with zero attached hydrogens (tertiary/aromatic N) is 3. The fraction of sp³-hybridized carbons (Fsp3) is 0.588. The molecule has 0 amide bonds. The van der Waals surface area contributed by atoms with Crippen LogP contribution in [0.1, 0.15) is 12.0 Å². The minimum atomic E-state index is -3.39. The number of sulfonamides is 1. The van der Waals surface area contributed by atoms with Gasteiger partial charge in [-0.3, -0.25) is 4.99 Å². The molecule has 2 rings (SSSR count). The topological polar surface area (TPSA) is 74.2 Å². The molecule has 0 saturated carbocycles. The van der Waals surface area contributed by atoms with Crippen molar-refractivity contribution in [2.45, 2.75) is 17.9 Å². The second-order valence-corrected chi connectivity index (χ2v) is 8.59. The van der Waals surface area contributed by atoms with Crippen molar-refractivity contribution in [1.82, 2.24) is 14.5 Å². The molecule has 0 bridgehead atoms. The molecular weight excluding hydrogens is 340 g/mol. The molecule has 1 aliphatic heterocycles. The summed E-state index contributed by atoms with van der Waals surface area (Å²) in [5.74, 6) is 1.36. The first-order chi connectivity index (χ1) is 11.8. The highest BCUT2D eigenvalue weighted by molar-refractivity contribution is 7.89. The summed E-state index contributed by atoms with van der Waals surface area (Å²) in [6.45, 7) is 3.13. The highest BCUT2D eigenvalue weighted by atomic mass is 32.2. The summed E-state index contributed by atoms with van der Waals surface area (Å²) in [5.41, 5.74) is 0.997. The Morgan fingerprint density at radius 2 is 1.96 bits per heavy atom. The lowest BCUT2D eigenvalue weighted by Gasteiger charge is -2.24. The average Bonchev–Trinajstić information content (AvgIpc) is 3.08. The largest absolute Gasteiger partial charge is 0.381 e. The van der Waals surface area contributed by atoms with Crippen molar-refractivity contribution in [3.05, 3.63) is 29.8 Å². The van der Waals surface area contributed by atoms with Crippen LogP contribution < -0.4 is 5.32 Å². The predicted molar refractivity (Wildman–Crippen MR) is 99.1 cm³/mol. The van der Waals surface area contributed by atoms with E-state index in [-0.39, 0.29) is 0 Å². The van der Waals surface area contributed by atoms with E-state index in [1.165, 1.54) is 18.4 Å². The molecular formula is C17H28N4O3S. The van der Waals surface area contributed by atoms with Crippen molar-refractivity contribution < 1.29 is 13.2 Å². The van der Waals surface area contributed by atoms with Crippen LogP contribution in [0, 0.1) is 5.92 Å². The van der Waals surface area contributed by atoms with E-state index in [4.69, 9.17) is 4.74 Å². The summed E-state index contributed by atoms with van der Waals surface area (Å²) in [4.78, 5) is 6.71. The Balaban J connectivity index is 1.93. The summed E-state index contributed by atoms with van der Waals surface area (Å²) in [6, 6.07) is 6.91. The highest BCUT2D eigenvalue weighted by Gasteiger charge is 2.19. The van der Waals surface area contributed by atoms with Gasteiger partial charge in [-0.1, -0.05) is 12.1 Å². The van der Waals surface area contributed by atoms with Crippen LogP contribution in [0.15, 0.2) is 34.2 Å². The van der Waals surface area contributed by atoms with Crippen LogP contribution in [0.5, 0.6) is 0 Å². The van der Waals surface area contributed by atoms with Gasteiger partial charge in [-0.2, -0.15) is 0 Å². The molecule has 0 aromatic heterocycles. The van der Waals surface area contributed by atoms with E-state index in [0.29, 0.717) is 17.4 Å². The van der Waals surface area contributed by atoms with E-state index in [1.807, 2.05) is 19.2 Å². The maximum atomic E-state index is 12.1. The SMILES string of the molecule is CN=C(NCc1ccc(S(=O)(=O)N(C)C)cc1)N(C)CC1CCOC1. The third kappa shape index (κ3) is 5.17. The minimum absolute atomic E-state index is 0.295. The van der Waals surface area contributed by atoms with Crippen LogP contribution >= 0.6 is 0 Å². The van der Waals surface area contributed by atoms with Gasteiger partial charge in [-0.05, 0) is 24.1 Å². The number of nitrogens with one attached hydrogen (secondary N) is 1. The van der Waals surface area contributed by atoms with E-state index in [1.54, 1.807) is 19.2 Å². The van der Waals surface area contributed by atoms with Gasteiger partial charge in [0.2, 0.25) is 10.0 Å². The van der Waals surface area contributed by atoms with Crippen molar-refractivity contribution >= 4 is 16.0 Å². The molecule has 140 valence electrons. The molecule has 7 nitrogen and oxygen atoms in total. The number of ether oxygens (including phenoxy) is 1. The molecule has 1 unspecified atom stereocenters. The van der Waals surface area contributed by atoms with Gasteiger partial charge < -0.3 is 15.0 Å². The zero-order valence-electron chi connectivity index (χ0n) is 15.4. The van der Waals surface area contributed by atoms with E-state index in [2.05, 4.69) is 15.2 Å². The molecule has 0 radical (unpaired) electrons. The van der Waals surface area contributed by atoms with E-state index < -0.39 is 10.0 Å². The maximum Gasteiger partial charge on any atom is 0.242 e. The first kappa shape index (κ1) is 19.7. The van der Waals surface area contributed by atoms with Gasteiger partial charge >= 0.3 is 0 Å². The van der Waals surface area contributed by atoms with Gasteiger partial charge in [0.15, 0.2) is 5.96 Å². The second kappa shape index (κ2) is 8.64. The Labute approximate surface area is 150 Å². The third-order valence-corrected chi connectivity index (χ3v) is 6.11. The minimum Gasteiger partial charge on any atom is -0.381 e. The molecule has 1 aromatic rings. The Bertz CT molecular complexity index is 680. The summed E-state index contributed by atoms with van der Waals surface area (Å²) in [7, 11) is 3.44. The van der Waals surface area contributed by atoms with Crippen LogP contribution in [0.4, 0.5) is 0 Å². The lowest BCUT2D eigenvalue weighted by Crippen LogP contribution is -2.41. The number of hydrogen-bond donors (Lipinski definition) is 1. The Morgan fingerprint density at radius 1 is 1.28 bits per heavy atom. The Hall–Kier alpha value is -1.64. The molecule has 8 heteroatoms. The number of hydrogen-bond acceptors (Lipinski definition) is 4. The normalized spacial score (nSPS) is 18.6. The zero-order chi connectivity index (χ0) is 18.4. The summed E-state index contributed by atoms with van der Waals surface area (Å²) in [6.07, 6.45) is 1.09. The van der Waals surface area contributed by atoms with E-state index >= 15 is 0 Å². The molecule has 1 heterocycles. The van der Waals surface area contributed by atoms with E-state index in [9.17, 15) is 8.42 Å². The smallest absolute Gasteiger partial charge is 0.242 e. The Morgan fingerprint density at radius 3 is 2.48 bits per heavy atom. The molecule has 1 atom stereocenters. The molecule has 1 fully saturated rings. The van der Waals surface area contributed by atoms with Gasteiger partial charge in [0.05, 0.1) is 11.5 Å². The molecule has 0 spiro atoms. The lowest BCUT2D eigenvalue weighted by molar-refractivity contribution is 0.181. The molecule has 1 aromatic carbocycles. The number of guanidine groups is 1. The Kier molecular flexibility index (Phi) is 6.80. The van der Waals surface area contributed by atoms with E-state index in [0.717, 1.165) is 37.7 Å². The quantitative estimate of drug-likeness (QED) is 0.598. The fourth-order valence-corrected chi connectivity index (χ4v) is 3.66. The molecule has 1 N–H and O–H groups in total. The van der Waals surface area contributed by atoms with Gasteiger partial charge in [-0.25, -0.2) is 12.7 Å². The predicted octanol–water partition coefficient (Wildman–Crippen LogP) is 0.981. The van der Waals surface area contributed by atoms with Crippen molar-refractivity contribution in [2.24, 2.45) is 10.9 Å². The van der Waals surface area contributed by atoms with Crippen LogP contribution in [0.3, 0.4) is 0 Å². The second-order valence-electron chi connectivity index (χ2n) is 6.44. The summed E-state index contributed by atoms with van der Waals surface area (Å²) < 4.78 is 30.8. The van der Waals surface area contributed by atoms with Gasteiger partial charge in [-0.15, -0.1) is 0 Å². The highest BCUT2D eigenvalue weighted by Crippen LogP contribution is 2.15. The fourth-order valence-electron chi connectivity index (χ4n) is 2.76. The monoisotopic (exact) mass is 368 g/mol. The van der Waals surface area contributed by atoms with Crippen molar-refractivity contribution in [1.29, 1.82) is 0 Å². The third-order valence-electron chi connectivity index (χ3n) is 4.28. The van der Waals surface area contributed by atoms with Gasteiger partial charge in [0.25, 0.3) is 0 Å². The maximum absolute atomic E-state index is 12.1. The number of aliphatic imine (C=N–C) groups is 1. The van der Waals surface area contributed by atoms with Crippen LogP contribution in [-0.4, -0.2) is 71.5 Å². The summed E-state index contributed by atoms with van der Waals surface area (Å²) >= 11 is 0. The van der Waals surface area contributed by atoms with Gasteiger partial charge in [0, 0.05) is 53.8 Å². The standard InChI is InChI=1S/C17H28N4O3S/c1-18-17(21(4)12-15-9-10-24-13-15)19-11-14-5-7-16(8-6-14)25(22,23)20(2)3/h5-8,15H,9-13H2,1-4H3,(H,18,19). The van der Waals surface area contributed by atoms with Crippen molar-refractivity contribution in [3.63, 3.8) is 0 Å². The van der Waals surface area contributed by atoms with Crippen molar-refractivity contribution in [2.75, 3.05) is 47.9 Å². The van der Waals surface area contributed by atoms with Crippen LogP contribution in [0.25, 0.3) is 0 Å². The number of benzene rings is 1. The van der Waals surface area contributed by atoms with Crippen molar-refractivity contribution in [3.8, 4) is 0 Å². The zero-order valence-corrected chi connectivity index (χ0v) is 16.2. The first-order valence-corrected chi connectivity index (χ1v) is 9.79. The van der Waals surface area contributed by atoms with Gasteiger partial charge in [0.1, 0.15) is 0 Å². The van der Waals surface area contributed by atoms with Crippen LogP contribution in [0.2, 0.25) is 0 Å². The molecule has 0 aliphatic carbocycles. The lowest BCUT2D eigenvalue weighted by atomic mass is 10.1. The summed E-state index contributed by atoms with van der Waals surface area (Å²) in [5, 5.41) is 3.32. The van der Waals surface area contributed by atoms with Crippen LogP contribution in [-0.2, 0) is 21.3 Å². The first-order valence-electron chi connectivity index (χ1n) is 8.35. The molecule has 1 aliphatic rings.